The van der Waals surface area contributed by atoms with E-state index < -0.39 is 12.1 Å². The average molecular weight is 554 g/mol. The number of halogens is 3. The van der Waals surface area contributed by atoms with Gasteiger partial charge in [-0.2, -0.15) is 13.2 Å². The molecule has 40 heavy (non-hydrogen) atoms. The first kappa shape index (κ1) is 29.1. The molecule has 1 fully saturated rings. The second kappa shape index (κ2) is 12.6. The van der Waals surface area contributed by atoms with Gasteiger partial charge < -0.3 is 14.4 Å². The molecule has 1 aliphatic heterocycles. The first-order valence-electron chi connectivity index (χ1n) is 13.2. The molecule has 2 aromatic carbocycles. The van der Waals surface area contributed by atoms with Gasteiger partial charge in [0.25, 0.3) is 0 Å². The smallest absolute Gasteiger partial charge is 0.386 e. The number of hydrogen-bond donors (Lipinski definition) is 1. The summed E-state index contributed by atoms with van der Waals surface area (Å²) in [5.74, 6) is 0.219. The van der Waals surface area contributed by atoms with Gasteiger partial charge >= 0.3 is 12.1 Å². The first-order chi connectivity index (χ1) is 19.0. The predicted molar refractivity (Wildman–Crippen MR) is 149 cm³/mol. The molecule has 0 bridgehead atoms. The zero-order valence-electron chi connectivity index (χ0n) is 22.9. The van der Waals surface area contributed by atoms with Crippen LogP contribution in [0.15, 0.2) is 66.7 Å². The minimum atomic E-state index is -4.00. The van der Waals surface area contributed by atoms with Crippen molar-refractivity contribution >= 4 is 16.9 Å². The number of likely N-dealkylation sites (tertiary alicyclic amines) is 1. The number of ether oxygens (including phenoxy) is 1. The second-order valence-corrected chi connectivity index (χ2v) is 10.3. The van der Waals surface area contributed by atoms with E-state index in [9.17, 15) is 23.1 Å². The van der Waals surface area contributed by atoms with Gasteiger partial charge in [0.2, 0.25) is 5.88 Å². The van der Waals surface area contributed by atoms with E-state index in [-0.39, 0.29) is 6.92 Å². The largest absolute Gasteiger partial charge is 0.478 e. The van der Waals surface area contributed by atoms with E-state index in [4.69, 9.17) is 9.72 Å². The summed E-state index contributed by atoms with van der Waals surface area (Å²) in [7, 11) is 2.02. The fourth-order valence-electron chi connectivity index (χ4n) is 4.87. The summed E-state index contributed by atoms with van der Waals surface area (Å²) < 4.78 is 39.1. The highest BCUT2D eigenvalue weighted by atomic mass is 19.4. The topological polar surface area (TPSA) is 67.6 Å². The van der Waals surface area contributed by atoms with Gasteiger partial charge in [-0.3, -0.25) is 4.90 Å². The Kier molecular flexibility index (Phi) is 9.14. The van der Waals surface area contributed by atoms with Crippen molar-refractivity contribution in [3.05, 3.63) is 94.8 Å². The van der Waals surface area contributed by atoms with E-state index in [0.29, 0.717) is 24.0 Å². The molecule has 6 nitrogen and oxygen atoms in total. The van der Waals surface area contributed by atoms with Gasteiger partial charge in [-0.15, -0.1) is 0 Å². The fourth-order valence-corrected chi connectivity index (χ4v) is 4.87. The van der Waals surface area contributed by atoms with Gasteiger partial charge in [0.05, 0.1) is 5.56 Å². The molecule has 0 amide bonds. The van der Waals surface area contributed by atoms with Crippen molar-refractivity contribution in [2.75, 3.05) is 13.1 Å². The van der Waals surface area contributed by atoms with Crippen molar-refractivity contribution in [2.24, 2.45) is 7.05 Å². The maximum Gasteiger partial charge on any atom is 0.386 e. The van der Waals surface area contributed by atoms with Crippen molar-refractivity contribution in [1.29, 1.82) is 0 Å². The summed E-state index contributed by atoms with van der Waals surface area (Å²) in [6.45, 7) is 5.65. The van der Waals surface area contributed by atoms with Gasteiger partial charge in [0.1, 0.15) is 6.61 Å². The van der Waals surface area contributed by atoms with E-state index in [1.807, 2.05) is 25.2 Å². The Morgan fingerprint density at radius 1 is 1.05 bits per heavy atom. The summed E-state index contributed by atoms with van der Waals surface area (Å²) in [6, 6.07) is 22.0. The molecule has 0 unspecified atom stereocenters. The molecule has 0 aliphatic carbocycles. The number of aromatic nitrogens is 2. The van der Waals surface area contributed by atoms with Gasteiger partial charge in [0, 0.05) is 49.4 Å². The van der Waals surface area contributed by atoms with E-state index >= 15 is 0 Å². The Hall–Kier alpha value is -3.85. The maximum absolute atomic E-state index is 11.3. The number of rotatable bonds is 7. The van der Waals surface area contributed by atoms with Crippen LogP contribution in [0.1, 0.15) is 58.6 Å². The van der Waals surface area contributed by atoms with Crippen LogP contribution in [0.25, 0.3) is 10.9 Å². The Morgan fingerprint density at radius 3 is 2.38 bits per heavy atom. The zero-order chi connectivity index (χ0) is 28.9. The van der Waals surface area contributed by atoms with E-state index in [1.165, 1.54) is 11.3 Å². The lowest BCUT2D eigenvalue weighted by Crippen LogP contribution is -2.33. The quantitative estimate of drug-likeness (QED) is 0.264. The number of fused-ring (bicyclic) bond motifs is 1. The highest BCUT2D eigenvalue weighted by Crippen LogP contribution is 2.29. The van der Waals surface area contributed by atoms with Crippen molar-refractivity contribution < 1.29 is 27.8 Å². The molecular weight excluding hydrogens is 519 g/mol. The summed E-state index contributed by atoms with van der Waals surface area (Å²) in [5, 5.41) is 10.4. The molecule has 2 aromatic heterocycles. The Labute approximate surface area is 232 Å². The summed E-state index contributed by atoms with van der Waals surface area (Å²) in [4.78, 5) is 18.6. The van der Waals surface area contributed by atoms with Crippen LogP contribution in [-0.2, 0) is 20.2 Å². The van der Waals surface area contributed by atoms with E-state index in [2.05, 4.69) is 52.8 Å². The van der Waals surface area contributed by atoms with Crippen molar-refractivity contribution in [2.45, 2.75) is 51.9 Å². The van der Waals surface area contributed by atoms with Crippen molar-refractivity contribution in [3.8, 4) is 5.88 Å². The summed E-state index contributed by atoms with van der Waals surface area (Å²) >= 11 is 0. The highest BCUT2D eigenvalue weighted by molar-refractivity contribution is 5.93. The number of benzene rings is 2. The number of piperidine rings is 1. The molecule has 4 aromatic rings. The molecule has 1 N–H and O–H groups in total. The van der Waals surface area contributed by atoms with E-state index in [1.54, 1.807) is 12.1 Å². The molecule has 0 saturated carbocycles. The summed E-state index contributed by atoms with van der Waals surface area (Å²) in [5.41, 5.74) is 5.98. The van der Waals surface area contributed by atoms with Gasteiger partial charge in [-0.1, -0.05) is 42.0 Å². The second-order valence-electron chi connectivity index (χ2n) is 10.3. The minimum Gasteiger partial charge on any atom is -0.478 e. The number of hydrogen-bond acceptors (Lipinski definition) is 4. The van der Waals surface area contributed by atoms with Crippen LogP contribution in [0, 0.1) is 6.92 Å². The SMILES string of the molecule is CC(F)(F)F.Cc1ccc(COc2cccc(C3CCN(Cc4cc5ccc(C(=O)O)cc5n4C)CC3)n2)cc1. The summed E-state index contributed by atoms with van der Waals surface area (Å²) in [6.07, 6.45) is -1.89. The van der Waals surface area contributed by atoms with Crippen LogP contribution in [0.5, 0.6) is 5.88 Å². The Balaban J connectivity index is 0.000000681. The molecule has 1 aliphatic rings. The van der Waals surface area contributed by atoms with Crippen molar-refractivity contribution in [3.63, 3.8) is 0 Å². The van der Waals surface area contributed by atoms with Crippen LogP contribution in [-0.4, -0.2) is 44.8 Å². The standard InChI is InChI=1S/C29H31N3O3.C2H3F3/c1-20-6-8-21(9-7-20)19-35-28-5-3-4-26(30-28)22-12-14-32(15-13-22)18-25-16-23-10-11-24(29(33)34)17-27(23)31(25)2;1-2(3,4)5/h3-11,16-17,22H,12-15,18-19H2,1-2H3,(H,33,34);1H3. The molecular formula is C31H34F3N3O3. The molecule has 0 atom stereocenters. The number of nitrogens with zero attached hydrogens (tertiary/aromatic N) is 3. The first-order valence-corrected chi connectivity index (χ1v) is 13.2. The maximum atomic E-state index is 11.3. The van der Waals surface area contributed by atoms with Crippen LogP contribution >= 0.6 is 0 Å². The fraction of sp³-hybridized carbons (Fsp3) is 0.355. The van der Waals surface area contributed by atoms with Gasteiger partial charge in [-0.25, -0.2) is 9.78 Å². The number of aromatic carboxylic acids is 1. The predicted octanol–water partition coefficient (Wildman–Crippen LogP) is 7.11. The number of aryl methyl sites for hydroxylation is 2. The zero-order valence-corrected chi connectivity index (χ0v) is 22.9. The molecule has 212 valence electrons. The Morgan fingerprint density at radius 2 is 1.73 bits per heavy atom. The number of alkyl halides is 3. The monoisotopic (exact) mass is 553 g/mol. The van der Waals surface area contributed by atoms with Crippen LogP contribution in [0.4, 0.5) is 13.2 Å². The number of carboxylic acid groups (broad SMARTS) is 1. The van der Waals surface area contributed by atoms with Crippen LogP contribution in [0.3, 0.4) is 0 Å². The normalized spacial score (nSPS) is 14.6. The molecule has 0 radical (unpaired) electrons. The van der Waals surface area contributed by atoms with Crippen LogP contribution in [0.2, 0.25) is 0 Å². The van der Waals surface area contributed by atoms with E-state index in [0.717, 1.165) is 54.6 Å². The highest BCUT2D eigenvalue weighted by Gasteiger charge is 2.23. The minimum absolute atomic E-state index is 0.188. The third-order valence-corrected chi connectivity index (χ3v) is 7.04. The number of pyridine rings is 1. The molecule has 0 spiro atoms. The molecule has 5 rings (SSSR count). The molecule has 9 heteroatoms. The number of carboxylic acids is 1. The lowest BCUT2D eigenvalue weighted by Gasteiger charge is -2.31. The average Bonchev–Trinajstić information content (AvgIpc) is 3.22. The van der Waals surface area contributed by atoms with Gasteiger partial charge in [0.15, 0.2) is 0 Å². The molecule has 3 heterocycles. The van der Waals surface area contributed by atoms with Gasteiger partial charge in [-0.05, 0) is 68.1 Å². The number of carbonyl (C=O) groups is 1. The molecule has 1 saturated heterocycles. The lowest BCUT2D eigenvalue weighted by atomic mass is 9.93. The third kappa shape index (κ3) is 8.08. The van der Waals surface area contributed by atoms with Crippen LogP contribution < -0.4 is 4.74 Å². The Bertz CT molecular complexity index is 1430. The van der Waals surface area contributed by atoms with Crippen molar-refractivity contribution in [1.82, 2.24) is 14.5 Å². The lowest BCUT2D eigenvalue weighted by molar-refractivity contribution is -0.110. The third-order valence-electron chi connectivity index (χ3n) is 7.04.